The van der Waals surface area contributed by atoms with Gasteiger partial charge in [0.15, 0.2) is 17.3 Å². The van der Waals surface area contributed by atoms with Gasteiger partial charge in [0.25, 0.3) is 0 Å². The van der Waals surface area contributed by atoms with E-state index >= 15 is 0 Å². The average molecular weight is 415 g/mol. The minimum atomic E-state index is -0.283. The van der Waals surface area contributed by atoms with Crippen molar-refractivity contribution < 1.29 is 13.9 Å². The van der Waals surface area contributed by atoms with E-state index < -0.39 is 0 Å². The molecule has 0 aliphatic carbocycles. The summed E-state index contributed by atoms with van der Waals surface area (Å²) >= 11 is 5.29. The van der Waals surface area contributed by atoms with Crippen molar-refractivity contribution in [2.24, 2.45) is 5.10 Å². The van der Waals surface area contributed by atoms with Gasteiger partial charge in [0.1, 0.15) is 12.4 Å². The zero-order valence-corrected chi connectivity index (χ0v) is 17.2. The van der Waals surface area contributed by atoms with Crippen molar-refractivity contribution in [3.05, 3.63) is 70.0 Å². The number of nitrogens with zero attached hydrogens (tertiary/aromatic N) is 3. The fraction of sp³-hybridized carbons (Fsp3) is 0.286. The van der Waals surface area contributed by atoms with E-state index in [2.05, 4.69) is 22.2 Å². The Morgan fingerprint density at radius 3 is 2.76 bits per heavy atom. The Kier molecular flexibility index (Phi) is 7.13. The molecule has 0 spiro atoms. The lowest BCUT2D eigenvalue weighted by Crippen LogP contribution is -2.03. The zero-order valence-electron chi connectivity index (χ0n) is 16.4. The van der Waals surface area contributed by atoms with E-state index in [9.17, 15) is 4.39 Å². The third-order valence-corrected chi connectivity index (χ3v) is 4.57. The van der Waals surface area contributed by atoms with Crippen LogP contribution in [0.1, 0.15) is 36.7 Å². The van der Waals surface area contributed by atoms with Crippen molar-refractivity contribution in [3.63, 3.8) is 0 Å². The van der Waals surface area contributed by atoms with E-state index in [-0.39, 0.29) is 12.4 Å². The molecule has 152 valence electrons. The third-order valence-electron chi connectivity index (χ3n) is 4.31. The van der Waals surface area contributed by atoms with Crippen LogP contribution >= 0.6 is 12.2 Å². The average Bonchev–Trinajstić information content (AvgIpc) is 3.09. The Hall–Kier alpha value is -3.00. The van der Waals surface area contributed by atoms with E-state index in [1.54, 1.807) is 30.1 Å². The van der Waals surface area contributed by atoms with Crippen molar-refractivity contribution in [3.8, 4) is 11.5 Å². The smallest absolute Gasteiger partial charge is 0.216 e. The number of para-hydroxylation sites is 1. The van der Waals surface area contributed by atoms with E-state index in [4.69, 9.17) is 21.7 Å². The molecule has 0 saturated heterocycles. The van der Waals surface area contributed by atoms with Gasteiger partial charge in [-0.05, 0) is 48.5 Å². The lowest BCUT2D eigenvalue weighted by Gasteiger charge is -2.13. The molecular formula is C21H23FN4O2S. The molecule has 0 radical (unpaired) electrons. The molecule has 0 atom stereocenters. The first kappa shape index (κ1) is 20.7. The molecule has 0 bridgehead atoms. The lowest BCUT2D eigenvalue weighted by atomic mass is 10.2. The van der Waals surface area contributed by atoms with Crippen LogP contribution < -0.4 is 9.47 Å². The number of benzene rings is 2. The van der Waals surface area contributed by atoms with Crippen LogP contribution in [0.2, 0.25) is 0 Å². The van der Waals surface area contributed by atoms with Crippen LogP contribution in [-0.2, 0) is 13.0 Å². The molecule has 2 aromatic carbocycles. The van der Waals surface area contributed by atoms with Gasteiger partial charge in [0, 0.05) is 12.0 Å². The van der Waals surface area contributed by atoms with Crippen molar-refractivity contribution in [2.45, 2.75) is 32.8 Å². The second-order valence-electron chi connectivity index (χ2n) is 6.40. The van der Waals surface area contributed by atoms with Gasteiger partial charge in [-0.3, -0.25) is 5.10 Å². The maximum atomic E-state index is 13.1. The predicted molar refractivity (Wildman–Crippen MR) is 113 cm³/mol. The number of H-pyrrole nitrogens is 1. The summed E-state index contributed by atoms with van der Waals surface area (Å²) in [7, 11) is 1.58. The van der Waals surface area contributed by atoms with Gasteiger partial charge in [0.2, 0.25) is 4.77 Å². The molecule has 3 aromatic rings. The largest absolute Gasteiger partial charge is 0.493 e. The maximum Gasteiger partial charge on any atom is 0.216 e. The second-order valence-corrected chi connectivity index (χ2v) is 6.79. The van der Waals surface area contributed by atoms with Gasteiger partial charge in [-0.2, -0.15) is 14.9 Å². The highest BCUT2D eigenvalue weighted by molar-refractivity contribution is 7.71. The summed E-state index contributed by atoms with van der Waals surface area (Å²) in [5, 5.41) is 11.5. The summed E-state index contributed by atoms with van der Waals surface area (Å²) in [6.45, 7) is 2.39. The Labute approximate surface area is 174 Å². The zero-order chi connectivity index (χ0) is 20.6. The molecule has 1 aromatic heterocycles. The van der Waals surface area contributed by atoms with E-state index in [0.29, 0.717) is 16.3 Å². The lowest BCUT2D eigenvalue weighted by molar-refractivity contribution is 0.284. The van der Waals surface area contributed by atoms with E-state index in [1.165, 1.54) is 12.1 Å². The predicted octanol–water partition coefficient (Wildman–Crippen LogP) is 4.89. The second kappa shape index (κ2) is 9.97. The van der Waals surface area contributed by atoms with Crippen LogP contribution in [0.4, 0.5) is 4.39 Å². The monoisotopic (exact) mass is 414 g/mol. The molecule has 1 N–H and O–H groups in total. The summed E-state index contributed by atoms with van der Waals surface area (Å²) in [5.74, 6) is 1.63. The number of halogens is 1. The first-order chi connectivity index (χ1) is 14.1. The molecule has 0 aliphatic heterocycles. The van der Waals surface area contributed by atoms with Crippen LogP contribution in [-0.4, -0.2) is 28.2 Å². The Balaban J connectivity index is 1.86. The molecule has 0 unspecified atom stereocenters. The quantitative estimate of drug-likeness (QED) is 0.400. The minimum Gasteiger partial charge on any atom is -0.493 e. The molecule has 29 heavy (non-hydrogen) atoms. The third kappa shape index (κ3) is 5.29. The highest BCUT2D eigenvalue weighted by Gasteiger charge is 2.11. The number of methoxy groups -OCH3 is 1. The summed E-state index contributed by atoms with van der Waals surface area (Å²) in [6.07, 6.45) is 4.51. The SMILES string of the molecule is CCCCc1n[nH]c(=S)n1/N=C/c1cccc(OC)c1OCc1ccc(F)cc1. The molecule has 0 fully saturated rings. The van der Waals surface area contributed by atoms with Gasteiger partial charge in [0.05, 0.1) is 13.3 Å². The molecule has 8 heteroatoms. The van der Waals surface area contributed by atoms with Gasteiger partial charge in [-0.1, -0.05) is 31.5 Å². The summed E-state index contributed by atoms with van der Waals surface area (Å²) in [4.78, 5) is 0. The van der Waals surface area contributed by atoms with Crippen molar-refractivity contribution in [2.75, 3.05) is 7.11 Å². The molecule has 0 amide bonds. The van der Waals surface area contributed by atoms with Gasteiger partial charge < -0.3 is 9.47 Å². The molecule has 3 rings (SSSR count). The molecule has 6 nitrogen and oxygen atoms in total. The fourth-order valence-corrected chi connectivity index (χ4v) is 2.94. The van der Waals surface area contributed by atoms with Crippen LogP contribution in [0.5, 0.6) is 11.5 Å². The van der Waals surface area contributed by atoms with Crippen LogP contribution in [0.3, 0.4) is 0 Å². The standard InChI is InChI=1S/C21H23FN4O2S/c1-3-4-8-19-24-25-21(29)26(19)23-13-16-6-5-7-18(27-2)20(16)28-14-15-9-11-17(22)12-10-15/h5-7,9-13H,3-4,8,14H2,1-2H3,(H,25,29)/b23-13+. The number of aromatic amines is 1. The number of aryl methyl sites for hydroxylation is 1. The van der Waals surface area contributed by atoms with E-state index in [1.807, 2.05) is 18.2 Å². The Morgan fingerprint density at radius 1 is 1.24 bits per heavy atom. The van der Waals surface area contributed by atoms with E-state index in [0.717, 1.165) is 36.2 Å². The number of aromatic nitrogens is 3. The van der Waals surface area contributed by atoms with Gasteiger partial charge in [-0.25, -0.2) is 4.39 Å². The first-order valence-electron chi connectivity index (χ1n) is 9.37. The summed E-state index contributed by atoms with van der Waals surface area (Å²) in [5.41, 5.74) is 1.58. The topological polar surface area (TPSA) is 64.4 Å². The fourth-order valence-electron chi connectivity index (χ4n) is 2.75. The van der Waals surface area contributed by atoms with Crippen molar-refractivity contribution >= 4 is 18.4 Å². The number of nitrogens with one attached hydrogen (secondary N) is 1. The van der Waals surface area contributed by atoms with Crippen LogP contribution in [0.15, 0.2) is 47.6 Å². The highest BCUT2D eigenvalue weighted by Crippen LogP contribution is 2.31. The van der Waals surface area contributed by atoms with Gasteiger partial charge in [-0.15, -0.1) is 0 Å². The molecule has 0 saturated carbocycles. The van der Waals surface area contributed by atoms with Crippen molar-refractivity contribution in [1.82, 2.24) is 14.9 Å². The maximum absolute atomic E-state index is 13.1. The number of hydrogen-bond acceptors (Lipinski definition) is 5. The number of hydrogen-bond donors (Lipinski definition) is 1. The summed E-state index contributed by atoms with van der Waals surface area (Å²) in [6, 6.07) is 11.7. The van der Waals surface area contributed by atoms with Gasteiger partial charge >= 0.3 is 0 Å². The normalized spacial score (nSPS) is 11.1. The van der Waals surface area contributed by atoms with Crippen LogP contribution in [0, 0.1) is 10.6 Å². The number of rotatable bonds is 9. The molecular weight excluding hydrogens is 391 g/mol. The van der Waals surface area contributed by atoms with Crippen LogP contribution in [0.25, 0.3) is 0 Å². The highest BCUT2D eigenvalue weighted by atomic mass is 32.1. The first-order valence-corrected chi connectivity index (χ1v) is 9.78. The Bertz CT molecular complexity index is 1030. The van der Waals surface area contributed by atoms with Crippen molar-refractivity contribution in [1.29, 1.82) is 0 Å². The minimum absolute atomic E-state index is 0.272. The summed E-state index contributed by atoms with van der Waals surface area (Å²) < 4.78 is 26.6. The molecule has 0 aliphatic rings. The molecule has 1 heterocycles. The number of unbranched alkanes of at least 4 members (excludes halogenated alkanes) is 1. The number of ether oxygens (including phenoxy) is 2. The Morgan fingerprint density at radius 2 is 2.03 bits per heavy atom.